The third-order valence-electron chi connectivity index (χ3n) is 3.18. The first kappa shape index (κ1) is 10.8. The fraction of sp³-hybridized carbons (Fsp3) is 0.833. The average Bonchev–Trinajstić information content (AvgIpc) is 2.27. The summed E-state index contributed by atoms with van der Waals surface area (Å²) in [6, 6.07) is 0. The third kappa shape index (κ3) is 2.57. The summed E-state index contributed by atoms with van der Waals surface area (Å²) >= 11 is 0. The summed E-state index contributed by atoms with van der Waals surface area (Å²) in [5.74, 6) is 0.351. The summed E-state index contributed by atoms with van der Waals surface area (Å²) in [6.07, 6.45) is 7.71. The maximum absolute atomic E-state index is 10.3. The van der Waals surface area contributed by atoms with Crippen molar-refractivity contribution in [3.63, 3.8) is 0 Å². The van der Waals surface area contributed by atoms with Crippen molar-refractivity contribution in [2.75, 3.05) is 0 Å². The molecule has 1 aliphatic carbocycles. The third-order valence-corrected chi connectivity index (χ3v) is 3.18. The fourth-order valence-electron chi connectivity index (χ4n) is 2.28. The molecule has 0 fully saturated rings. The lowest BCUT2D eigenvalue weighted by Gasteiger charge is -2.27. The summed E-state index contributed by atoms with van der Waals surface area (Å²) in [6.45, 7) is 6.45. The van der Waals surface area contributed by atoms with Crippen molar-refractivity contribution in [1.82, 2.24) is 0 Å². The lowest BCUT2D eigenvalue weighted by atomic mass is 9.86. The van der Waals surface area contributed by atoms with Gasteiger partial charge < -0.3 is 5.11 Å². The highest BCUT2D eigenvalue weighted by molar-refractivity contribution is 5.17. The molecule has 76 valence electrons. The van der Waals surface area contributed by atoms with Crippen LogP contribution in [0.4, 0.5) is 0 Å². The Labute approximate surface area is 81.9 Å². The lowest BCUT2D eigenvalue weighted by Crippen LogP contribution is -2.31. The van der Waals surface area contributed by atoms with Crippen LogP contribution >= 0.6 is 0 Å². The number of hydrogen-bond donors (Lipinski definition) is 1. The van der Waals surface area contributed by atoms with Crippen molar-refractivity contribution in [3.8, 4) is 0 Å². The van der Waals surface area contributed by atoms with Crippen LogP contribution in [0.15, 0.2) is 11.6 Å². The van der Waals surface area contributed by atoms with Crippen LogP contribution in [-0.2, 0) is 0 Å². The van der Waals surface area contributed by atoms with E-state index in [1.165, 1.54) is 24.8 Å². The van der Waals surface area contributed by atoms with Gasteiger partial charge in [-0.2, -0.15) is 0 Å². The minimum Gasteiger partial charge on any atom is -0.389 e. The van der Waals surface area contributed by atoms with Gasteiger partial charge in [0, 0.05) is 5.92 Å². The zero-order valence-electron chi connectivity index (χ0n) is 9.14. The first-order valence-electron chi connectivity index (χ1n) is 5.48. The molecule has 0 aromatic carbocycles. The molecule has 0 saturated carbocycles. The molecule has 0 radical (unpaired) electrons. The zero-order valence-corrected chi connectivity index (χ0v) is 9.14. The number of aliphatic hydroxyl groups is 1. The molecule has 0 heterocycles. The summed E-state index contributed by atoms with van der Waals surface area (Å²) in [5.41, 5.74) is 0.936. The minimum absolute atomic E-state index is 0.351. The molecule has 0 aromatic heterocycles. The summed E-state index contributed by atoms with van der Waals surface area (Å²) in [5, 5.41) is 10.3. The van der Waals surface area contributed by atoms with E-state index in [0.29, 0.717) is 5.92 Å². The Balaban J connectivity index is 2.40. The largest absolute Gasteiger partial charge is 0.389 e. The van der Waals surface area contributed by atoms with Crippen LogP contribution in [-0.4, -0.2) is 10.7 Å². The topological polar surface area (TPSA) is 20.2 Å². The van der Waals surface area contributed by atoms with Crippen LogP contribution in [0.2, 0.25) is 0 Å². The Morgan fingerprint density at radius 3 is 2.69 bits per heavy atom. The highest BCUT2D eigenvalue weighted by atomic mass is 16.3. The van der Waals surface area contributed by atoms with Crippen LogP contribution in [0.1, 0.15) is 52.9 Å². The zero-order chi connectivity index (χ0) is 9.90. The van der Waals surface area contributed by atoms with Crippen molar-refractivity contribution in [1.29, 1.82) is 0 Å². The van der Waals surface area contributed by atoms with E-state index in [1.807, 2.05) is 0 Å². The van der Waals surface area contributed by atoms with E-state index in [4.69, 9.17) is 0 Å². The van der Waals surface area contributed by atoms with Gasteiger partial charge in [0.2, 0.25) is 0 Å². The normalized spacial score (nSPS) is 33.5. The summed E-state index contributed by atoms with van der Waals surface area (Å²) in [4.78, 5) is 0. The molecule has 2 atom stereocenters. The molecule has 13 heavy (non-hydrogen) atoms. The van der Waals surface area contributed by atoms with E-state index in [2.05, 4.69) is 26.8 Å². The van der Waals surface area contributed by atoms with Crippen LogP contribution < -0.4 is 0 Å². The van der Waals surface area contributed by atoms with E-state index < -0.39 is 5.60 Å². The summed E-state index contributed by atoms with van der Waals surface area (Å²) < 4.78 is 0. The van der Waals surface area contributed by atoms with Crippen LogP contribution in [0.5, 0.6) is 0 Å². The van der Waals surface area contributed by atoms with Gasteiger partial charge in [-0.25, -0.2) is 0 Å². The predicted octanol–water partition coefficient (Wildman–Crippen LogP) is 3.28. The van der Waals surface area contributed by atoms with Crippen molar-refractivity contribution >= 4 is 0 Å². The highest BCUT2D eigenvalue weighted by Crippen LogP contribution is 2.37. The van der Waals surface area contributed by atoms with Gasteiger partial charge in [-0.1, -0.05) is 44.8 Å². The fourth-order valence-corrected chi connectivity index (χ4v) is 2.28. The van der Waals surface area contributed by atoms with Crippen molar-refractivity contribution in [3.05, 3.63) is 11.6 Å². The van der Waals surface area contributed by atoms with E-state index >= 15 is 0 Å². The molecule has 1 rings (SSSR count). The molecular formula is C12H22O. The molecule has 1 nitrogen and oxygen atoms in total. The Morgan fingerprint density at radius 2 is 2.23 bits per heavy atom. The Morgan fingerprint density at radius 1 is 1.54 bits per heavy atom. The van der Waals surface area contributed by atoms with Gasteiger partial charge in [0.05, 0.1) is 5.60 Å². The smallest absolute Gasteiger partial charge is 0.0744 e. The quantitative estimate of drug-likeness (QED) is 0.522. The first-order chi connectivity index (χ1) is 6.08. The molecular weight excluding hydrogens is 160 g/mol. The van der Waals surface area contributed by atoms with Gasteiger partial charge in [-0.3, -0.25) is 0 Å². The van der Waals surface area contributed by atoms with E-state index in [1.54, 1.807) is 0 Å². The second kappa shape index (κ2) is 4.28. The molecule has 0 aliphatic heterocycles. The maximum Gasteiger partial charge on any atom is 0.0744 e. The maximum atomic E-state index is 10.3. The van der Waals surface area contributed by atoms with E-state index in [9.17, 15) is 5.11 Å². The van der Waals surface area contributed by atoms with E-state index in [0.717, 1.165) is 12.8 Å². The molecule has 2 unspecified atom stereocenters. The minimum atomic E-state index is -0.417. The second-order valence-electron chi connectivity index (χ2n) is 4.54. The molecule has 1 heteroatoms. The predicted molar refractivity (Wildman–Crippen MR) is 56.6 cm³/mol. The Kier molecular flexibility index (Phi) is 3.55. The van der Waals surface area contributed by atoms with Gasteiger partial charge >= 0.3 is 0 Å². The van der Waals surface area contributed by atoms with E-state index in [-0.39, 0.29) is 0 Å². The van der Waals surface area contributed by atoms with Gasteiger partial charge in [0.25, 0.3) is 0 Å². The second-order valence-corrected chi connectivity index (χ2v) is 4.54. The van der Waals surface area contributed by atoms with Gasteiger partial charge in [-0.15, -0.1) is 0 Å². The highest BCUT2D eigenvalue weighted by Gasteiger charge is 2.36. The van der Waals surface area contributed by atoms with Crippen molar-refractivity contribution in [2.45, 2.75) is 58.5 Å². The average molecular weight is 182 g/mol. The Bertz CT molecular complexity index is 195. The molecule has 1 aliphatic rings. The van der Waals surface area contributed by atoms with Crippen LogP contribution in [0.3, 0.4) is 0 Å². The molecule has 0 saturated heterocycles. The number of rotatable bonds is 4. The molecule has 0 amide bonds. The number of unbranched alkanes of at least 4 members (excludes halogenated alkanes) is 2. The SMILES string of the molecule is CCCCCC1(O)CC(C)=CC1C. The van der Waals surface area contributed by atoms with Gasteiger partial charge in [0.15, 0.2) is 0 Å². The van der Waals surface area contributed by atoms with Crippen molar-refractivity contribution < 1.29 is 5.11 Å². The molecule has 0 bridgehead atoms. The molecule has 0 aromatic rings. The standard InChI is InChI=1S/C12H22O/c1-4-5-6-7-12(13)9-10(2)8-11(12)3/h8,11,13H,4-7,9H2,1-3H3. The molecule has 0 spiro atoms. The number of hydrogen-bond acceptors (Lipinski definition) is 1. The Hall–Kier alpha value is -0.300. The molecule has 1 N–H and O–H groups in total. The van der Waals surface area contributed by atoms with Gasteiger partial charge in [-0.05, 0) is 19.8 Å². The van der Waals surface area contributed by atoms with Crippen LogP contribution in [0, 0.1) is 5.92 Å². The lowest BCUT2D eigenvalue weighted by molar-refractivity contribution is 0.00573. The van der Waals surface area contributed by atoms with Crippen molar-refractivity contribution in [2.24, 2.45) is 5.92 Å². The summed E-state index contributed by atoms with van der Waals surface area (Å²) in [7, 11) is 0. The van der Waals surface area contributed by atoms with Gasteiger partial charge in [0.1, 0.15) is 0 Å². The monoisotopic (exact) mass is 182 g/mol. The first-order valence-corrected chi connectivity index (χ1v) is 5.48. The van der Waals surface area contributed by atoms with Crippen LogP contribution in [0.25, 0.3) is 0 Å².